The number of nitrogens with one attached hydrogen (secondary N) is 2. The first-order valence-corrected chi connectivity index (χ1v) is 8.21. The first-order chi connectivity index (χ1) is 11.0. The number of anilines is 1. The van der Waals surface area contributed by atoms with E-state index in [1.807, 2.05) is 0 Å². The number of methoxy groups -OCH3 is 1. The van der Waals surface area contributed by atoms with Crippen molar-refractivity contribution in [1.29, 1.82) is 0 Å². The molecule has 1 heterocycles. The van der Waals surface area contributed by atoms with Crippen LogP contribution in [0.4, 0.5) is 5.69 Å². The van der Waals surface area contributed by atoms with Crippen molar-refractivity contribution in [1.82, 2.24) is 5.32 Å². The summed E-state index contributed by atoms with van der Waals surface area (Å²) in [5.41, 5.74) is 1.79. The standard InChI is InChI=1S/C16H17ClN2O3S/c1-10-11(15(20)18-7-8-22-2)4-3-5-13(10)19-16(21)14-12(17)6-9-23-14/h3-6,9H,7-8H2,1-2H3,(H,18,20)(H,19,21). The van der Waals surface area contributed by atoms with E-state index in [9.17, 15) is 9.59 Å². The van der Waals surface area contributed by atoms with E-state index in [1.54, 1.807) is 43.7 Å². The van der Waals surface area contributed by atoms with E-state index >= 15 is 0 Å². The summed E-state index contributed by atoms with van der Waals surface area (Å²) in [4.78, 5) is 24.8. The number of hydrogen-bond acceptors (Lipinski definition) is 4. The highest BCUT2D eigenvalue weighted by atomic mass is 35.5. The molecule has 0 spiro atoms. The molecule has 0 bridgehead atoms. The zero-order valence-corrected chi connectivity index (χ0v) is 14.4. The van der Waals surface area contributed by atoms with Crippen LogP contribution in [-0.4, -0.2) is 32.1 Å². The molecule has 2 aromatic rings. The van der Waals surface area contributed by atoms with Gasteiger partial charge in [0.05, 0.1) is 11.6 Å². The molecule has 1 aromatic heterocycles. The van der Waals surface area contributed by atoms with Crippen molar-refractivity contribution in [3.8, 4) is 0 Å². The van der Waals surface area contributed by atoms with Crippen molar-refractivity contribution in [2.24, 2.45) is 0 Å². The summed E-state index contributed by atoms with van der Waals surface area (Å²) in [6, 6.07) is 6.86. The zero-order valence-electron chi connectivity index (χ0n) is 12.8. The smallest absolute Gasteiger partial charge is 0.267 e. The molecule has 0 aliphatic heterocycles. The third-order valence-electron chi connectivity index (χ3n) is 3.24. The van der Waals surface area contributed by atoms with Crippen LogP contribution in [0, 0.1) is 6.92 Å². The summed E-state index contributed by atoms with van der Waals surface area (Å²) in [6.07, 6.45) is 0. The monoisotopic (exact) mass is 352 g/mol. The van der Waals surface area contributed by atoms with Crippen LogP contribution in [-0.2, 0) is 4.74 Å². The maximum absolute atomic E-state index is 12.2. The number of carbonyl (C=O) groups is 2. The average molecular weight is 353 g/mol. The van der Waals surface area contributed by atoms with Gasteiger partial charge in [0.2, 0.25) is 0 Å². The summed E-state index contributed by atoms with van der Waals surface area (Å²) in [5.74, 6) is -0.491. The molecule has 23 heavy (non-hydrogen) atoms. The summed E-state index contributed by atoms with van der Waals surface area (Å²) in [5, 5.41) is 7.73. The maximum Gasteiger partial charge on any atom is 0.267 e. The third-order valence-corrected chi connectivity index (χ3v) is 4.58. The average Bonchev–Trinajstić information content (AvgIpc) is 2.95. The second kappa shape index (κ2) is 8.10. The highest BCUT2D eigenvalue weighted by Gasteiger charge is 2.16. The highest BCUT2D eigenvalue weighted by Crippen LogP contribution is 2.25. The predicted octanol–water partition coefficient (Wildman–Crippen LogP) is 3.34. The summed E-state index contributed by atoms with van der Waals surface area (Å²) in [6.45, 7) is 2.66. The minimum absolute atomic E-state index is 0.204. The van der Waals surface area contributed by atoms with Gasteiger partial charge >= 0.3 is 0 Å². The Morgan fingerprint density at radius 3 is 2.70 bits per heavy atom. The Kier molecular flexibility index (Phi) is 6.15. The number of carbonyl (C=O) groups excluding carboxylic acids is 2. The summed E-state index contributed by atoms with van der Waals surface area (Å²) >= 11 is 7.24. The lowest BCUT2D eigenvalue weighted by atomic mass is 10.1. The molecule has 0 saturated heterocycles. The molecule has 0 aliphatic carbocycles. The molecule has 0 fully saturated rings. The molecule has 2 N–H and O–H groups in total. The largest absolute Gasteiger partial charge is 0.383 e. The molecule has 0 aliphatic rings. The lowest BCUT2D eigenvalue weighted by Crippen LogP contribution is -2.27. The second-order valence-corrected chi connectivity index (χ2v) is 6.10. The molecule has 7 heteroatoms. The van der Waals surface area contributed by atoms with Gasteiger partial charge in [-0.05, 0) is 36.1 Å². The van der Waals surface area contributed by atoms with Crippen molar-refractivity contribution in [2.45, 2.75) is 6.92 Å². The van der Waals surface area contributed by atoms with Crippen molar-refractivity contribution < 1.29 is 14.3 Å². The van der Waals surface area contributed by atoms with Crippen LogP contribution >= 0.6 is 22.9 Å². The molecule has 0 atom stereocenters. The number of rotatable bonds is 6. The fourth-order valence-corrected chi connectivity index (χ4v) is 3.05. The molecule has 5 nitrogen and oxygen atoms in total. The van der Waals surface area contributed by atoms with Crippen LogP contribution in [0.25, 0.3) is 0 Å². The van der Waals surface area contributed by atoms with Gasteiger partial charge in [-0.25, -0.2) is 0 Å². The molecule has 2 rings (SSSR count). The number of benzene rings is 1. The predicted molar refractivity (Wildman–Crippen MR) is 92.7 cm³/mol. The van der Waals surface area contributed by atoms with Crippen LogP contribution in [0.5, 0.6) is 0 Å². The van der Waals surface area contributed by atoms with E-state index < -0.39 is 0 Å². The Morgan fingerprint density at radius 1 is 1.26 bits per heavy atom. The van der Waals surface area contributed by atoms with Crippen LogP contribution in [0.3, 0.4) is 0 Å². The lowest BCUT2D eigenvalue weighted by molar-refractivity contribution is 0.0935. The molecular formula is C16H17ClN2O3S. The SMILES string of the molecule is COCCNC(=O)c1cccc(NC(=O)c2sccc2Cl)c1C. The molecular weight excluding hydrogens is 336 g/mol. The molecule has 1 aromatic carbocycles. The van der Waals surface area contributed by atoms with E-state index in [-0.39, 0.29) is 11.8 Å². The Labute approximate surface area is 143 Å². The minimum Gasteiger partial charge on any atom is -0.383 e. The van der Waals surface area contributed by atoms with Crippen molar-refractivity contribution in [3.63, 3.8) is 0 Å². The number of hydrogen-bond donors (Lipinski definition) is 2. The van der Waals surface area contributed by atoms with Crippen LogP contribution in [0.1, 0.15) is 25.6 Å². The Morgan fingerprint density at radius 2 is 2.04 bits per heavy atom. The molecule has 122 valence electrons. The summed E-state index contributed by atoms with van der Waals surface area (Å²) in [7, 11) is 1.57. The number of amides is 2. The maximum atomic E-state index is 12.2. The quantitative estimate of drug-likeness (QED) is 0.783. The lowest BCUT2D eigenvalue weighted by Gasteiger charge is -2.12. The van der Waals surface area contributed by atoms with E-state index in [0.29, 0.717) is 39.9 Å². The van der Waals surface area contributed by atoms with Gasteiger partial charge in [0, 0.05) is 24.9 Å². The summed E-state index contributed by atoms with van der Waals surface area (Å²) < 4.78 is 4.90. The third kappa shape index (κ3) is 4.31. The Balaban J connectivity index is 2.15. The van der Waals surface area contributed by atoms with E-state index in [0.717, 1.165) is 0 Å². The topological polar surface area (TPSA) is 67.4 Å². The van der Waals surface area contributed by atoms with Crippen molar-refractivity contribution >= 4 is 40.4 Å². The van der Waals surface area contributed by atoms with E-state index in [2.05, 4.69) is 10.6 Å². The molecule has 2 amide bonds. The van der Waals surface area contributed by atoms with Gasteiger partial charge < -0.3 is 15.4 Å². The van der Waals surface area contributed by atoms with Crippen LogP contribution < -0.4 is 10.6 Å². The van der Waals surface area contributed by atoms with Crippen LogP contribution in [0.2, 0.25) is 5.02 Å². The van der Waals surface area contributed by atoms with Gasteiger partial charge in [-0.3, -0.25) is 9.59 Å². The normalized spacial score (nSPS) is 10.4. The fourth-order valence-electron chi connectivity index (χ4n) is 2.01. The number of thiophene rings is 1. The fraction of sp³-hybridized carbons (Fsp3) is 0.250. The Bertz CT molecular complexity index is 715. The van der Waals surface area contributed by atoms with Gasteiger partial charge in [0.15, 0.2) is 0 Å². The van der Waals surface area contributed by atoms with Gasteiger partial charge in [0.25, 0.3) is 11.8 Å². The van der Waals surface area contributed by atoms with Crippen molar-refractivity contribution in [2.75, 3.05) is 25.6 Å². The highest BCUT2D eigenvalue weighted by molar-refractivity contribution is 7.12. The van der Waals surface area contributed by atoms with Crippen molar-refractivity contribution in [3.05, 3.63) is 50.7 Å². The Hall–Kier alpha value is -1.89. The second-order valence-electron chi connectivity index (χ2n) is 4.78. The molecule has 0 unspecified atom stereocenters. The first-order valence-electron chi connectivity index (χ1n) is 6.95. The zero-order chi connectivity index (χ0) is 16.8. The number of halogens is 1. The van der Waals surface area contributed by atoms with Gasteiger partial charge in [-0.2, -0.15) is 0 Å². The first kappa shape index (κ1) is 17.5. The molecule has 0 radical (unpaired) electrons. The van der Waals surface area contributed by atoms with Gasteiger partial charge in [-0.15, -0.1) is 11.3 Å². The van der Waals surface area contributed by atoms with E-state index in [4.69, 9.17) is 16.3 Å². The van der Waals surface area contributed by atoms with Crippen LogP contribution in [0.15, 0.2) is 29.6 Å². The minimum atomic E-state index is -0.287. The van der Waals surface area contributed by atoms with Gasteiger partial charge in [0.1, 0.15) is 4.88 Å². The number of ether oxygens (including phenoxy) is 1. The van der Waals surface area contributed by atoms with Gasteiger partial charge in [-0.1, -0.05) is 17.7 Å². The van der Waals surface area contributed by atoms with E-state index in [1.165, 1.54) is 11.3 Å². The molecule has 0 saturated carbocycles.